The number of benzene rings is 1. The van der Waals surface area contributed by atoms with E-state index in [0.29, 0.717) is 17.3 Å². The van der Waals surface area contributed by atoms with Crippen molar-refractivity contribution in [1.29, 1.82) is 10.5 Å². The summed E-state index contributed by atoms with van der Waals surface area (Å²) in [7, 11) is 0. The third-order valence-corrected chi connectivity index (χ3v) is 3.46. The molecule has 2 rings (SSSR count). The van der Waals surface area contributed by atoms with Crippen LogP contribution in [-0.4, -0.2) is 23.1 Å². The van der Waals surface area contributed by atoms with E-state index in [9.17, 15) is 0 Å². The van der Waals surface area contributed by atoms with Crippen molar-refractivity contribution in [3.63, 3.8) is 0 Å². The largest absolute Gasteiger partial charge is 0.393 e. The lowest BCUT2D eigenvalue weighted by Crippen LogP contribution is -2.26. The Bertz CT molecular complexity index is 770. The molecular weight excluding hydrogens is 290 g/mol. The average Bonchev–Trinajstić information content (AvgIpc) is 2.53. The van der Waals surface area contributed by atoms with Crippen LogP contribution in [0.4, 0.5) is 23.0 Å². The number of nitrogen functional groups attached to an aromatic ring is 1. The summed E-state index contributed by atoms with van der Waals surface area (Å²) in [4.78, 5) is 9.75. The third-order valence-electron chi connectivity index (χ3n) is 3.46. The second-order valence-corrected chi connectivity index (χ2v) is 5.06. The van der Waals surface area contributed by atoms with Crippen LogP contribution in [0.3, 0.4) is 0 Å². The molecule has 23 heavy (non-hydrogen) atoms. The highest BCUT2D eigenvalue weighted by molar-refractivity contribution is 5.78. The minimum atomic E-state index is 0.0256. The SMILES string of the molecule is Cc1ccc(Nc2ncnc(N(CC#N)CC#N)c2N)cc1C. The number of nitrogens with zero attached hydrogens (tertiary/aromatic N) is 5. The van der Waals surface area contributed by atoms with E-state index in [-0.39, 0.29) is 13.1 Å². The van der Waals surface area contributed by atoms with Gasteiger partial charge in [-0.3, -0.25) is 0 Å². The summed E-state index contributed by atoms with van der Waals surface area (Å²) in [6, 6.07) is 9.94. The molecule has 0 fully saturated rings. The normalized spacial score (nSPS) is 9.74. The summed E-state index contributed by atoms with van der Waals surface area (Å²) >= 11 is 0. The highest BCUT2D eigenvalue weighted by Gasteiger charge is 2.15. The zero-order valence-corrected chi connectivity index (χ0v) is 13.0. The van der Waals surface area contributed by atoms with Crippen LogP contribution in [0.5, 0.6) is 0 Å². The molecular formula is C16H17N7. The second kappa shape index (κ2) is 7.10. The number of nitrogens with two attached hydrogens (primary N) is 1. The lowest BCUT2D eigenvalue weighted by molar-refractivity contribution is 0.929. The Kier molecular flexibility index (Phi) is 4.96. The fourth-order valence-electron chi connectivity index (χ4n) is 2.07. The minimum absolute atomic E-state index is 0.0256. The molecule has 0 saturated carbocycles. The highest BCUT2D eigenvalue weighted by atomic mass is 15.2. The van der Waals surface area contributed by atoms with Crippen molar-refractivity contribution in [2.75, 3.05) is 29.0 Å². The van der Waals surface area contributed by atoms with Crippen LogP contribution in [0.2, 0.25) is 0 Å². The lowest BCUT2D eigenvalue weighted by Gasteiger charge is -2.20. The van der Waals surface area contributed by atoms with Crippen molar-refractivity contribution < 1.29 is 0 Å². The lowest BCUT2D eigenvalue weighted by atomic mass is 10.1. The van der Waals surface area contributed by atoms with Gasteiger partial charge >= 0.3 is 0 Å². The molecule has 0 aliphatic rings. The van der Waals surface area contributed by atoms with Crippen LogP contribution in [0.1, 0.15) is 11.1 Å². The van der Waals surface area contributed by atoms with Crippen molar-refractivity contribution in [2.45, 2.75) is 13.8 Å². The maximum Gasteiger partial charge on any atom is 0.159 e. The first-order chi connectivity index (χ1) is 11.1. The standard InChI is InChI=1S/C16H17N7/c1-11-3-4-13(9-12(11)2)22-15-14(19)16(21-10-20-15)23(7-5-17)8-6-18/h3-4,9-10H,7-8,19H2,1-2H3,(H,20,21,22). The van der Waals surface area contributed by atoms with Gasteiger partial charge in [-0.25, -0.2) is 9.97 Å². The van der Waals surface area contributed by atoms with E-state index in [1.807, 2.05) is 44.2 Å². The molecule has 0 atom stereocenters. The molecule has 0 saturated heterocycles. The van der Waals surface area contributed by atoms with Gasteiger partial charge in [0.2, 0.25) is 0 Å². The number of hydrogen-bond donors (Lipinski definition) is 2. The molecule has 7 heteroatoms. The molecule has 1 heterocycles. The maximum atomic E-state index is 8.88. The summed E-state index contributed by atoms with van der Waals surface area (Å²) in [5.41, 5.74) is 9.62. The van der Waals surface area contributed by atoms with Gasteiger partial charge < -0.3 is 16.0 Å². The molecule has 0 amide bonds. The molecule has 2 aromatic rings. The van der Waals surface area contributed by atoms with Crippen molar-refractivity contribution in [1.82, 2.24) is 9.97 Å². The van der Waals surface area contributed by atoms with Gasteiger partial charge in [0.15, 0.2) is 11.6 Å². The molecule has 0 bridgehead atoms. The number of nitrogens with one attached hydrogen (secondary N) is 1. The first-order valence-corrected chi connectivity index (χ1v) is 7.00. The fraction of sp³-hybridized carbons (Fsp3) is 0.250. The van der Waals surface area contributed by atoms with E-state index in [2.05, 4.69) is 15.3 Å². The van der Waals surface area contributed by atoms with Gasteiger partial charge in [-0.1, -0.05) is 6.07 Å². The van der Waals surface area contributed by atoms with Crippen molar-refractivity contribution in [3.05, 3.63) is 35.7 Å². The molecule has 1 aromatic carbocycles. The summed E-state index contributed by atoms with van der Waals surface area (Å²) in [5, 5.41) is 20.9. The smallest absolute Gasteiger partial charge is 0.159 e. The maximum absolute atomic E-state index is 8.88. The predicted molar refractivity (Wildman–Crippen MR) is 89.1 cm³/mol. The average molecular weight is 307 g/mol. The van der Waals surface area contributed by atoms with Crippen LogP contribution in [0.15, 0.2) is 24.5 Å². The highest BCUT2D eigenvalue weighted by Crippen LogP contribution is 2.28. The molecule has 0 radical (unpaired) electrons. The summed E-state index contributed by atoms with van der Waals surface area (Å²) in [5.74, 6) is 0.813. The summed E-state index contributed by atoms with van der Waals surface area (Å²) in [6.45, 7) is 4.12. The van der Waals surface area contributed by atoms with E-state index < -0.39 is 0 Å². The van der Waals surface area contributed by atoms with E-state index >= 15 is 0 Å². The van der Waals surface area contributed by atoms with Crippen LogP contribution in [0, 0.1) is 36.5 Å². The van der Waals surface area contributed by atoms with Gasteiger partial charge in [0.1, 0.15) is 25.1 Å². The molecule has 0 unspecified atom stereocenters. The molecule has 0 aliphatic carbocycles. The minimum Gasteiger partial charge on any atom is -0.393 e. The number of anilines is 4. The van der Waals surface area contributed by atoms with Gasteiger partial charge in [0.05, 0.1) is 12.1 Å². The zero-order valence-electron chi connectivity index (χ0n) is 13.0. The number of aromatic nitrogens is 2. The Hall–Kier alpha value is -3.32. The second-order valence-electron chi connectivity index (χ2n) is 5.06. The molecule has 116 valence electrons. The predicted octanol–water partition coefficient (Wildman–Crippen LogP) is 2.27. The topological polar surface area (TPSA) is 115 Å². The van der Waals surface area contributed by atoms with Gasteiger partial charge in [-0.2, -0.15) is 10.5 Å². The van der Waals surface area contributed by atoms with Gasteiger partial charge in [0.25, 0.3) is 0 Å². The van der Waals surface area contributed by atoms with Gasteiger partial charge in [-0.05, 0) is 37.1 Å². The zero-order chi connectivity index (χ0) is 16.8. The Labute approximate surface area is 135 Å². The Morgan fingerprint density at radius 3 is 2.43 bits per heavy atom. The summed E-state index contributed by atoms with van der Waals surface area (Å²) < 4.78 is 0. The molecule has 0 spiro atoms. The van der Waals surface area contributed by atoms with Crippen LogP contribution >= 0.6 is 0 Å². The van der Waals surface area contributed by atoms with Crippen LogP contribution in [0.25, 0.3) is 0 Å². The van der Waals surface area contributed by atoms with Gasteiger partial charge in [-0.15, -0.1) is 0 Å². The molecule has 1 aromatic heterocycles. The van der Waals surface area contributed by atoms with E-state index in [4.69, 9.17) is 16.3 Å². The van der Waals surface area contributed by atoms with E-state index in [1.54, 1.807) is 0 Å². The van der Waals surface area contributed by atoms with Crippen molar-refractivity contribution in [3.8, 4) is 12.1 Å². The summed E-state index contributed by atoms with van der Waals surface area (Å²) in [6.07, 6.45) is 1.36. The van der Waals surface area contributed by atoms with E-state index in [1.165, 1.54) is 16.8 Å². The fourth-order valence-corrected chi connectivity index (χ4v) is 2.07. The third kappa shape index (κ3) is 3.66. The monoisotopic (exact) mass is 307 g/mol. The Morgan fingerprint density at radius 1 is 1.13 bits per heavy atom. The first-order valence-electron chi connectivity index (χ1n) is 7.00. The van der Waals surface area contributed by atoms with Crippen LogP contribution in [-0.2, 0) is 0 Å². The van der Waals surface area contributed by atoms with Crippen molar-refractivity contribution >= 4 is 23.0 Å². The van der Waals surface area contributed by atoms with Crippen molar-refractivity contribution in [2.24, 2.45) is 0 Å². The number of nitriles is 2. The van der Waals surface area contributed by atoms with Gasteiger partial charge in [0, 0.05) is 5.69 Å². The Morgan fingerprint density at radius 2 is 1.83 bits per heavy atom. The molecule has 7 nitrogen and oxygen atoms in total. The molecule has 0 aliphatic heterocycles. The quantitative estimate of drug-likeness (QED) is 0.814. The number of aryl methyl sites for hydroxylation is 2. The first kappa shape index (κ1) is 16.1. The van der Waals surface area contributed by atoms with Crippen LogP contribution < -0.4 is 16.0 Å². The number of hydrogen-bond acceptors (Lipinski definition) is 7. The number of rotatable bonds is 5. The molecule has 3 N–H and O–H groups in total. The Balaban J connectivity index is 2.34. The van der Waals surface area contributed by atoms with E-state index in [0.717, 1.165) is 11.3 Å².